The van der Waals surface area contributed by atoms with E-state index in [1.165, 1.54) is 24.3 Å². The van der Waals surface area contributed by atoms with E-state index in [1.54, 1.807) is 0 Å². The molecule has 6 heteroatoms. The highest BCUT2D eigenvalue weighted by atomic mass is 19.1. The molecule has 0 aromatic heterocycles. The third-order valence-electron chi connectivity index (χ3n) is 3.37. The zero-order valence-electron chi connectivity index (χ0n) is 12.2. The van der Waals surface area contributed by atoms with Crippen LogP contribution in [0.15, 0.2) is 24.3 Å². The van der Waals surface area contributed by atoms with Gasteiger partial charge in [-0.25, -0.2) is 4.39 Å². The third-order valence-corrected chi connectivity index (χ3v) is 3.37. The molecular weight excluding hydrogens is 275 g/mol. The lowest BCUT2D eigenvalue weighted by molar-refractivity contribution is -0.136. The number of amides is 2. The van der Waals surface area contributed by atoms with Crippen molar-refractivity contribution in [2.24, 2.45) is 5.92 Å². The molecule has 1 atom stereocenters. The van der Waals surface area contributed by atoms with Crippen molar-refractivity contribution < 1.29 is 19.1 Å². The first-order valence-corrected chi connectivity index (χ1v) is 7.00. The number of hydrogen-bond acceptors (Lipinski definition) is 3. The molecule has 0 aliphatic carbocycles. The summed E-state index contributed by atoms with van der Waals surface area (Å²) in [5, 5.41) is 14.6. The van der Waals surface area contributed by atoms with Crippen molar-refractivity contribution in [3.8, 4) is 0 Å². The predicted octanol–water partition coefficient (Wildman–Crippen LogP) is 1.68. The molecule has 1 rings (SSSR count). The Morgan fingerprint density at radius 3 is 2.24 bits per heavy atom. The topological polar surface area (TPSA) is 78.4 Å². The van der Waals surface area contributed by atoms with E-state index in [0.717, 1.165) is 12.8 Å². The first-order valence-electron chi connectivity index (χ1n) is 7.00. The number of benzene rings is 1. The molecule has 116 valence electrons. The van der Waals surface area contributed by atoms with Gasteiger partial charge in [-0.2, -0.15) is 0 Å². The van der Waals surface area contributed by atoms with Crippen LogP contribution in [0.3, 0.4) is 0 Å². The highest BCUT2D eigenvalue weighted by molar-refractivity contribution is 6.39. The molecule has 0 aliphatic rings. The van der Waals surface area contributed by atoms with Crippen molar-refractivity contribution >= 4 is 17.5 Å². The van der Waals surface area contributed by atoms with Crippen molar-refractivity contribution in [3.05, 3.63) is 30.1 Å². The molecule has 0 aliphatic heterocycles. The second-order valence-electron chi connectivity index (χ2n) is 4.81. The Labute approximate surface area is 123 Å². The fourth-order valence-corrected chi connectivity index (χ4v) is 2.00. The van der Waals surface area contributed by atoms with Crippen molar-refractivity contribution in [3.63, 3.8) is 0 Å². The summed E-state index contributed by atoms with van der Waals surface area (Å²) in [6, 6.07) is 5.09. The second-order valence-corrected chi connectivity index (χ2v) is 4.81. The van der Waals surface area contributed by atoms with E-state index in [1.807, 2.05) is 13.8 Å². The van der Waals surface area contributed by atoms with Gasteiger partial charge in [-0.1, -0.05) is 26.7 Å². The second kappa shape index (κ2) is 8.36. The minimum Gasteiger partial charge on any atom is -0.391 e. The summed E-state index contributed by atoms with van der Waals surface area (Å²) in [5.74, 6) is -2.01. The molecule has 2 amide bonds. The van der Waals surface area contributed by atoms with E-state index < -0.39 is 23.7 Å². The predicted molar refractivity (Wildman–Crippen MR) is 78.1 cm³/mol. The normalized spacial score (nSPS) is 12.0. The molecule has 3 N–H and O–H groups in total. The van der Waals surface area contributed by atoms with Crippen LogP contribution >= 0.6 is 0 Å². The average Bonchev–Trinajstić information content (AvgIpc) is 2.48. The van der Waals surface area contributed by atoms with E-state index >= 15 is 0 Å². The Morgan fingerprint density at radius 1 is 1.14 bits per heavy atom. The van der Waals surface area contributed by atoms with Gasteiger partial charge in [0, 0.05) is 12.2 Å². The summed E-state index contributed by atoms with van der Waals surface area (Å²) in [7, 11) is 0. The zero-order valence-corrected chi connectivity index (χ0v) is 12.2. The van der Waals surface area contributed by atoms with Gasteiger partial charge < -0.3 is 15.7 Å². The van der Waals surface area contributed by atoms with Gasteiger partial charge in [-0.05, 0) is 30.2 Å². The summed E-state index contributed by atoms with van der Waals surface area (Å²) in [4.78, 5) is 23.2. The number of hydrogen-bond donors (Lipinski definition) is 3. The molecular formula is C15H21FN2O3. The number of carbonyl (C=O) groups excluding carboxylic acids is 2. The van der Waals surface area contributed by atoms with Gasteiger partial charge in [0.1, 0.15) is 5.82 Å². The lowest BCUT2D eigenvalue weighted by Crippen LogP contribution is -2.41. The number of anilines is 1. The average molecular weight is 296 g/mol. The minimum absolute atomic E-state index is 0.0298. The maximum absolute atomic E-state index is 12.7. The van der Waals surface area contributed by atoms with E-state index in [2.05, 4.69) is 10.6 Å². The molecule has 1 aromatic rings. The molecule has 0 saturated heterocycles. The molecule has 5 nitrogen and oxygen atoms in total. The minimum atomic E-state index is -0.849. The lowest BCUT2D eigenvalue weighted by Gasteiger charge is -2.20. The van der Waals surface area contributed by atoms with Crippen molar-refractivity contribution in [1.29, 1.82) is 0 Å². The summed E-state index contributed by atoms with van der Waals surface area (Å²) >= 11 is 0. The number of nitrogens with one attached hydrogen (secondary N) is 2. The fourth-order valence-electron chi connectivity index (χ4n) is 2.00. The van der Waals surface area contributed by atoms with Crippen molar-refractivity contribution in [1.82, 2.24) is 5.32 Å². The fraction of sp³-hybridized carbons (Fsp3) is 0.467. The quantitative estimate of drug-likeness (QED) is 0.699. The summed E-state index contributed by atoms with van der Waals surface area (Å²) in [6.07, 6.45) is 0.924. The van der Waals surface area contributed by atoms with Crippen LogP contribution in [0.25, 0.3) is 0 Å². The highest BCUT2D eigenvalue weighted by Crippen LogP contribution is 2.12. The van der Waals surface area contributed by atoms with Crippen molar-refractivity contribution in [2.45, 2.75) is 32.8 Å². The van der Waals surface area contributed by atoms with Crippen LogP contribution < -0.4 is 10.6 Å². The van der Waals surface area contributed by atoms with E-state index in [4.69, 9.17) is 0 Å². The number of halogens is 1. The first kappa shape index (κ1) is 17.1. The smallest absolute Gasteiger partial charge is 0.313 e. The van der Waals surface area contributed by atoms with Gasteiger partial charge in [0.25, 0.3) is 0 Å². The molecule has 0 fully saturated rings. The van der Waals surface area contributed by atoms with E-state index in [9.17, 15) is 19.1 Å². The van der Waals surface area contributed by atoms with E-state index in [0.29, 0.717) is 5.69 Å². The molecule has 0 bridgehead atoms. The SMILES string of the molecule is CCC(CC)C(O)CNC(=O)C(=O)Nc1ccc(F)cc1. The van der Waals surface area contributed by atoms with Crippen LogP contribution in [0.2, 0.25) is 0 Å². The highest BCUT2D eigenvalue weighted by Gasteiger charge is 2.19. The largest absolute Gasteiger partial charge is 0.391 e. The maximum atomic E-state index is 12.7. The van der Waals surface area contributed by atoms with Crippen molar-refractivity contribution in [2.75, 3.05) is 11.9 Å². The Kier molecular flexibility index (Phi) is 6.81. The monoisotopic (exact) mass is 296 g/mol. The summed E-state index contributed by atoms with van der Waals surface area (Å²) in [6.45, 7) is 3.95. The maximum Gasteiger partial charge on any atom is 0.313 e. The molecule has 0 spiro atoms. The summed E-state index contributed by atoms with van der Waals surface area (Å²) in [5.41, 5.74) is 0.331. The number of rotatable bonds is 6. The van der Waals surface area contributed by atoms with Crippen LogP contribution in [0.1, 0.15) is 26.7 Å². The van der Waals surface area contributed by atoms with Gasteiger partial charge in [-0.3, -0.25) is 9.59 Å². The standard InChI is InChI=1S/C15H21FN2O3/c1-3-10(4-2)13(19)9-17-14(20)15(21)18-12-7-5-11(16)6-8-12/h5-8,10,13,19H,3-4,9H2,1-2H3,(H,17,20)(H,18,21). The Balaban J connectivity index is 2.44. The Morgan fingerprint density at radius 2 is 1.71 bits per heavy atom. The van der Waals surface area contributed by atoms with Crippen LogP contribution in [0, 0.1) is 11.7 Å². The zero-order chi connectivity index (χ0) is 15.8. The Hall–Kier alpha value is -1.95. The first-order chi connectivity index (χ1) is 9.97. The van der Waals surface area contributed by atoms with Gasteiger partial charge in [0.05, 0.1) is 6.10 Å². The molecule has 0 heterocycles. The number of aliphatic hydroxyl groups excluding tert-OH is 1. The number of carbonyl (C=O) groups is 2. The number of aliphatic hydroxyl groups is 1. The molecule has 1 unspecified atom stereocenters. The molecule has 21 heavy (non-hydrogen) atoms. The van der Waals surface area contributed by atoms with Gasteiger partial charge >= 0.3 is 11.8 Å². The molecule has 1 aromatic carbocycles. The molecule has 0 saturated carbocycles. The van der Waals surface area contributed by atoms with Gasteiger partial charge in [0.15, 0.2) is 0 Å². The van der Waals surface area contributed by atoms with Crippen LogP contribution in [-0.4, -0.2) is 29.6 Å². The van der Waals surface area contributed by atoms with Crippen LogP contribution in [-0.2, 0) is 9.59 Å². The van der Waals surface area contributed by atoms with Gasteiger partial charge in [0.2, 0.25) is 0 Å². The Bertz CT molecular complexity index is 472. The lowest BCUT2D eigenvalue weighted by atomic mass is 9.96. The molecule has 0 radical (unpaired) electrons. The van der Waals surface area contributed by atoms with Gasteiger partial charge in [-0.15, -0.1) is 0 Å². The summed E-state index contributed by atoms with van der Waals surface area (Å²) < 4.78 is 12.7. The van der Waals surface area contributed by atoms with E-state index in [-0.39, 0.29) is 12.5 Å². The van der Waals surface area contributed by atoms with Crippen LogP contribution in [0.4, 0.5) is 10.1 Å². The van der Waals surface area contributed by atoms with Crippen LogP contribution in [0.5, 0.6) is 0 Å². The third kappa shape index (κ3) is 5.51.